The van der Waals surface area contributed by atoms with Crippen molar-refractivity contribution < 1.29 is 9.18 Å². The molecule has 1 heterocycles. The van der Waals surface area contributed by atoms with Crippen LogP contribution < -0.4 is 10.9 Å². The van der Waals surface area contributed by atoms with E-state index in [9.17, 15) is 14.0 Å². The lowest BCUT2D eigenvalue weighted by atomic mass is 10.1. The molecule has 0 bridgehead atoms. The molecule has 22 heavy (non-hydrogen) atoms. The molecule has 0 saturated carbocycles. The van der Waals surface area contributed by atoms with Gasteiger partial charge in [-0.2, -0.15) is 5.10 Å². The molecule has 0 fully saturated rings. The number of aromatic amines is 1. The highest BCUT2D eigenvalue weighted by molar-refractivity contribution is 6.34. The lowest BCUT2D eigenvalue weighted by Crippen LogP contribution is -2.19. The second-order valence-electron chi connectivity index (χ2n) is 4.53. The van der Waals surface area contributed by atoms with Gasteiger partial charge in [0.25, 0.3) is 11.5 Å². The van der Waals surface area contributed by atoms with Gasteiger partial charge in [-0.15, -0.1) is 0 Å². The van der Waals surface area contributed by atoms with E-state index in [1.165, 1.54) is 12.1 Å². The molecule has 0 aliphatic carbocycles. The van der Waals surface area contributed by atoms with Gasteiger partial charge in [0.15, 0.2) is 5.69 Å². The van der Waals surface area contributed by atoms with Gasteiger partial charge in [0, 0.05) is 5.39 Å². The Morgan fingerprint density at radius 2 is 1.91 bits per heavy atom. The van der Waals surface area contributed by atoms with Crippen LogP contribution in [0.2, 0.25) is 5.02 Å². The molecule has 1 amide bonds. The van der Waals surface area contributed by atoms with Gasteiger partial charge in [-0.25, -0.2) is 9.49 Å². The maximum atomic E-state index is 13.0. The van der Waals surface area contributed by atoms with Crippen LogP contribution in [0.1, 0.15) is 10.5 Å². The molecule has 0 aliphatic heterocycles. The number of fused-ring (bicyclic) bond motifs is 1. The van der Waals surface area contributed by atoms with Crippen LogP contribution in [0.5, 0.6) is 0 Å². The summed E-state index contributed by atoms with van der Waals surface area (Å²) >= 11 is 5.87. The first-order valence-electron chi connectivity index (χ1n) is 6.30. The fraction of sp³-hybridized carbons (Fsp3) is 0. The van der Waals surface area contributed by atoms with Gasteiger partial charge in [0.2, 0.25) is 0 Å². The predicted octanol–water partition coefficient (Wildman–Crippen LogP) is 2.97. The zero-order valence-electron chi connectivity index (χ0n) is 11.1. The maximum Gasteiger partial charge on any atom is 0.276 e. The van der Waals surface area contributed by atoms with Crippen LogP contribution in [0.15, 0.2) is 47.3 Å². The fourth-order valence-corrected chi connectivity index (χ4v) is 2.27. The Morgan fingerprint density at radius 3 is 2.64 bits per heavy atom. The average molecular weight is 318 g/mol. The molecule has 0 atom stereocenters. The van der Waals surface area contributed by atoms with E-state index in [2.05, 4.69) is 15.5 Å². The van der Waals surface area contributed by atoms with Crippen LogP contribution in [0, 0.1) is 5.82 Å². The number of benzene rings is 2. The van der Waals surface area contributed by atoms with E-state index in [0.29, 0.717) is 10.8 Å². The Morgan fingerprint density at radius 1 is 1.18 bits per heavy atom. The highest BCUT2D eigenvalue weighted by Crippen LogP contribution is 2.23. The van der Waals surface area contributed by atoms with E-state index in [1.54, 1.807) is 24.3 Å². The minimum atomic E-state index is -0.555. The molecule has 5 nitrogen and oxygen atoms in total. The van der Waals surface area contributed by atoms with Gasteiger partial charge in [-0.1, -0.05) is 29.8 Å². The molecule has 1 aromatic heterocycles. The summed E-state index contributed by atoms with van der Waals surface area (Å²) in [6, 6.07) is 10.2. The van der Waals surface area contributed by atoms with Crippen LogP contribution in [0.25, 0.3) is 10.8 Å². The largest absolute Gasteiger partial charge is 0.319 e. The van der Waals surface area contributed by atoms with Crippen LogP contribution in [-0.4, -0.2) is 16.1 Å². The number of H-pyrrole nitrogens is 1. The lowest BCUT2D eigenvalue weighted by Gasteiger charge is -2.08. The molecular formula is C15H9ClFN3O2. The van der Waals surface area contributed by atoms with Crippen molar-refractivity contribution in [3.63, 3.8) is 0 Å². The van der Waals surface area contributed by atoms with Crippen LogP contribution >= 0.6 is 11.6 Å². The number of amides is 1. The number of hydrogen-bond acceptors (Lipinski definition) is 3. The summed E-state index contributed by atoms with van der Waals surface area (Å²) < 4.78 is 13.0. The Bertz CT molecular complexity index is 939. The highest BCUT2D eigenvalue weighted by atomic mass is 35.5. The number of rotatable bonds is 2. The number of aromatic nitrogens is 2. The van der Waals surface area contributed by atoms with Gasteiger partial charge in [0.05, 0.1) is 16.1 Å². The number of carbonyl (C=O) groups is 1. The second kappa shape index (κ2) is 5.57. The quantitative estimate of drug-likeness (QED) is 0.763. The number of halogens is 2. The van der Waals surface area contributed by atoms with E-state index in [-0.39, 0.29) is 22.0 Å². The Hall–Kier alpha value is -2.73. The Kier molecular flexibility index (Phi) is 3.60. The van der Waals surface area contributed by atoms with Crippen molar-refractivity contribution in [2.75, 3.05) is 5.32 Å². The van der Waals surface area contributed by atoms with Crippen molar-refractivity contribution in [2.24, 2.45) is 0 Å². The molecule has 0 spiro atoms. The summed E-state index contributed by atoms with van der Waals surface area (Å²) in [6.45, 7) is 0. The molecule has 0 aliphatic rings. The first-order chi connectivity index (χ1) is 10.6. The van der Waals surface area contributed by atoms with E-state index >= 15 is 0 Å². The normalized spacial score (nSPS) is 10.6. The van der Waals surface area contributed by atoms with Crippen molar-refractivity contribution in [1.29, 1.82) is 0 Å². The molecule has 7 heteroatoms. The van der Waals surface area contributed by atoms with E-state index in [1.807, 2.05) is 0 Å². The van der Waals surface area contributed by atoms with Gasteiger partial charge in [-0.05, 0) is 24.3 Å². The fourth-order valence-electron chi connectivity index (χ4n) is 2.06. The number of nitrogens with one attached hydrogen (secondary N) is 2. The first-order valence-corrected chi connectivity index (χ1v) is 6.68. The number of hydrogen-bond donors (Lipinski definition) is 2. The summed E-state index contributed by atoms with van der Waals surface area (Å²) in [6.07, 6.45) is 0. The first kappa shape index (κ1) is 14.2. The van der Waals surface area contributed by atoms with Gasteiger partial charge < -0.3 is 5.32 Å². The van der Waals surface area contributed by atoms with Crippen LogP contribution in [0.3, 0.4) is 0 Å². The third-order valence-corrected chi connectivity index (χ3v) is 3.40. The van der Waals surface area contributed by atoms with Crippen molar-refractivity contribution in [2.45, 2.75) is 0 Å². The summed E-state index contributed by atoms with van der Waals surface area (Å²) in [5.74, 6) is -1.06. The molecule has 0 saturated heterocycles. The standard InChI is InChI=1S/C15H9ClFN3O2/c16-11-7-8(17)5-6-12(11)18-15(22)13-9-3-1-2-4-10(9)14(21)20-19-13/h1-7H,(H,18,22)(H,20,21). The predicted molar refractivity (Wildman–Crippen MR) is 81.7 cm³/mol. The summed E-state index contributed by atoms with van der Waals surface area (Å²) in [7, 11) is 0. The third kappa shape index (κ3) is 2.56. The Labute approximate surface area is 128 Å². The molecule has 0 unspecified atom stereocenters. The summed E-state index contributed by atoms with van der Waals surface area (Å²) in [5.41, 5.74) is -0.0762. The Balaban J connectivity index is 2.03. The topological polar surface area (TPSA) is 74.8 Å². The van der Waals surface area contributed by atoms with E-state index in [0.717, 1.165) is 6.07 Å². The number of anilines is 1. The monoisotopic (exact) mass is 317 g/mol. The molecule has 2 aromatic carbocycles. The van der Waals surface area contributed by atoms with Crippen molar-refractivity contribution in [3.8, 4) is 0 Å². The summed E-state index contributed by atoms with van der Waals surface area (Å²) in [5, 5.41) is 9.44. The summed E-state index contributed by atoms with van der Waals surface area (Å²) in [4.78, 5) is 24.0. The van der Waals surface area contributed by atoms with Crippen molar-refractivity contribution in [3.05, 3.63) is 69.4 Å². The molecule has 3 rings (SSSR count). The van der Waals surface area contributed by atoms with Gasteiger partial charge in [-0.3, -0.25) is 9.59 Å². The molecule has 110 valence electrons. The van der Waals surface area contributed by atoms with E-state index < -0.39 is 11.7 Å². The number of carbonyl (C=O) groups excluding carboxylic acids is 1. The smallest absolute Gasteiger partial charge is 0.276 e. The SMILES string of the molecule is O=C(Nc1ccc(F)cc1Cl)c1n[nH]c(=O)c2ccccc12. The molecule has 2 N–H and O–H groups in total. The lowest BCUT2D eigenvalue weighted by molar-refractivity contribution is 0.102. The average Bonchev–Trinajstić information content (AvgIpc) is 2.50. The van der Waals surface area contributed by atoms with Gasteiger partial charge in [0.1, 0.15) is 5.82 Å². The minimum Gasteiger partial charge on any atom is -0.319 e. The van der Waals surface area contributed by atoms with Crippen molar-refractivity contribution >= 4 is 34.0 Å². The minimum absolute atomic E-state index is 0.0515. The van der Waals surface area contributed by atoms with Crippen molar-refractivity contribution in [1.82, 2.24) is 10.2 Å². The molecule has 0 radical (unpaired) electrons. The molecule has 3 aromatic rings. The third-order valence-electron chi connectivity index (χ3n) is 3.09. The zero-order chi connectivity index (χ0) is 15.7. The van der Waals surface area contributed by atoms with Crippen LogP contribution in [0.4, 0.5) is 10.1 Å². The number of nitrogens with zero attached hydrogens (tertiary/aromatic N) is 1. The maximum absolute atomic E-state index is 13.0. The zero-order valence-corrected chi connectivity index (χ0v) is 11.8. The van der Waals surface area contributed by atoms with E-state index in [4.69, 9.17) is 11.6 Å². The van der Waals surface area contributed by atoms with Crippen LogP contribution in [-0.2, 0) is 0 Å². The molecular weight excluding hydrogens is 309 g/mol. The second-order valence-corrected chi connectivity index (χ2v) is 4.93. The highest BCUT2D eigenvalue weighted by Gasteiger charge is 2.15. The van der Waals surface area contributed by atoms with Gasteiger partial charge >= 0.3 is 0 Å².